The molecule has 1 heterocycles. The Balaban J connectivity index is 1.90. The van der Waals surface area contributed by atoms with E-state index >= 15 is 0 Å². The molecule has 0 amide bonds. The standard InChI is InChI=1S/C11H16ClN3O/c1-7-14-10(5-11(15-7)16-2)13-6-8-3-9(12)4-8/h5,8-9H,3-4,6H2,1-2H3,(H,13,14,15). The lowest BCUT2D eigenvalue weighted by atomic mass is 9.85. The second-order valence-corrected chi connectivity index (χ2v) is 4.78. The van der Waals surface area contributed by atoms with Crippen LogP contribution < -0.4 is 10.1 Å². The van der Waals surface area contributed by atoms with Crippen molar-refractivity contribution in [3.63, 3.8) is 0 Å². The second-order valence-electron chi connectivity index (χ2n) is 4.16. The van der Waals surface area contributed by atoms with Crippen LogP contribution in [0.4, 0.5) is 5.82 Å². The molecule has 1 saturated carbocycles. The predicted molar refractivity (Wildman–Crippen MR) is 64.2 cm³/mol. The molecule has 5 heteroatoms. The van der Waals surface area contributed by atoms with Crippen LogP contribution in [0.1, 0.15) is 18.7 Å². The second kappa shape index (κ2) is 4.87. The molecule has 1 N–H and O–H groups in total. The van der Waals surface area contributed by atoms with E-state index < -0.39 is 0 Å². The molecule has 88 valence electrons. The number of alkyl halides is 1. The lowest BCUT2D eigenvalue weighted by Crippen LogP contribution is -2.30. The smallest absolute Gasteiger partial charge is 0.218 e. The predicted octanol–water partition coefficient (Wildman–Crippen LogP) is 2.22. The lowest BCUT2D eigenvalue weighted by molar-refractivity contribution is 0.341. The summed E-state index contributed by atoms with van der Waals surface area (Å²) in [6.07, 6.45) is 2.19. The van der Waals surface area contributed by atoms with Crippen LogP contribution in [0.2, 0.25) is 0 Å². The van der Waals surface area contributed by atoms with E-state index in [2.05, 4.69) is 15.3 Å². The minimum atomic E-state index is 0.369. The van der Waals surface area contributed by atoms with Crippen molar-refractivity contribution >= 4 is 17.4 Å². The zero-order valence-electron chi connectivity index (χ0n) is 9.53. The molecule has 16 heavy (non-hydrogen) atoms. The average Bonchev–Trinajstić information content (AvgIpc) is 2.22. The average molecular weight is 242 g/mol. The molecule has 0 saturated heterocycles. The van der Waals surface area contributed by atoms with E-state index in [0.717, 1.165) is 25.2 Å². The number of aryl methyl sites for hydroxylation is 1. The first-order valence-electron chi connectivity index (χ1n) is 5.45. The summed E-state index contributed by atoms with van der Waals surface area (Å²) in [6.45, 7) is 2.77. The maximum atomic E-state index is 5.92. The fraction of sp³-hybridized carbons (Fsp3) is 0.636. The summed E-state index contributed by atoms with van der Waals surface area (Å²) in [7, 11) is 1.61. The van der Waals surface area contributed by atoms with E-state index in [1.807, 2.05) is 13.0 Å². The zero-order valence-corrected chi connectivity index (χ0v) is 10.3. The number of hydrogen-bond donors (Lipinski definition) is 1. The highest BCUT2D eigenvalue weighted by Gasteiger charge is 2.26. The van der Waals surface area contributed by atoms with Crippen LogP contribution in [0.3, 0.4) is 0 Å². The number of aromatic nitrogens is 2. The number of rotatable bonds is 4. The summed E-state index contributed by atoms with van der Waals surface area (Å²) < 4.78 is 5.09. The van der Waals surface area contributed by atoms with E-state index in [1.165, 1.54) is 0 Å². The summed E-state index contributed by atoms with van der Waals surface area (Å²) >= 11 is 5.92. The molecule has 4 nitrogen and oxygen atoms in total. The molecule has 1 aliphatic carbocycles. The van der Waals surface area contributed by atoms with E-state index in [1.54, 1.807) is 7.11 Å². The van der Waals surface area contributed by atoms with Crippen molar-refractivity contribution in [1.82, 2.24) is 9.97 Å². The Hall–Kier alpha value is -1.03. The topological polar surface area (TPSA) is 47.0 Å². The van der Waals surface area contributed by atoms with Crippen molar-refractivity contribution in [2.75, 3.05) is 19.0 Å². The minimum Gasteiger partial charge on any atom is -0.481 e. The SMILES string of the molecule is COc1cc(NCC2CC(Cl)C2)nc(C)n1. The molecule has 2 rings (SSSR count). The van der Waals surface area contributed by atoms with Gasteiger partial charge in [-0.05, 0) is 25.7 Å². The van der Waals surface area contributed by atoms with Crippen molar-refractivity contribution in [3.8, 4) is 5.88 Å². The molecule has 0 unspecified atom stereocenters. The highest BCUT2D eigenvalue weighted by atomic mass is 35.5. The molecule has 1 aromatic heterocycles. The van der Waals surface area contributed by atoms with Gasteiger partial charge in [0, 0.05) is 18.0 Å². The fourth-order valence-electron chi connectivity index (χ4n) is 1.81. The van der Waals surface area contributed by atoms with Crippen molar-refractivity contribution in [3.05, 3.63) is 11.9 Å². The van der Waals surface area contributed by atoms with E-state index in [-0.39, 0.29) is 0 Å². The third-order valence-electron chi connectivity index (χ3n) is 2.77. The molecule has 1 fully saturated rings. The number of methoxy groups -OCH3 is 1. The Bertz CT molecular complexity index is 366. The van der Waals surface area contributed by atoms with Crippen LogP contribution in [-0.2, 0) is 0 Å². The van der Waals surface area contributed by atoms with Crippen LogP contribution in [0.15, 0.2) is 6.07 Å². The summed E-state index contributed by atoms with van der Waals surface area (Å²) in [5.74, 6) is 2.80. The third-order valence-corrected chi connectivity index (χ3v) is 3.13. The van der Waals surface area contributed by atoms with Crippen LogP contribution in [0.5, 0.6) is 5.88 Å². The van der Waals surface area contributed by atoms with Gasteiger partial charge in [-0.3, -0.25) is 0 Å². The molecule has 0 aromatic carbocycles. The molecule has 0 aliphatic heterocycles. The molecule has 0 bridgehead atoms. The van der Waals surface area contributed by atoms with Gasteiger partial charge >= 0.3 is 0 Å². The van der Waals surface area contributed by atoms with Gasteiger partial charge in [0.2, 0.25) is 5.88 Å². The first-order valence-corrected chi connectivity index (χ1v) is 5.88. The third kappa shape index (κ3) is 2.76. The van der Waals surface area contributed by atoms with E-state index in [4.69, 9.17) is 16.3 Å². The maximum Gasteiger partial charge on any atom is 0.218 e. The molecule has 0 atom stereocenters. The van der Waals surface area contributed by atoms with Gasteiger partial charge in [-0.25, -0.2) is 4.98 Å². The van der Waals surface area contributed by atoms with Gasteiger partial charge in [-0.2, -0.15) is 4.98 Å². The molecular formula is C11H16ClN3O. The summed E-state index contributed by atoms with van der Waals surface area (Å²) in [6, 6.07) is 1.81. The number of anilines is 1. The summed E-state index contributed by atoms with van der Waals surface area (Å²) in [4.78, 5) is 8.43. The molecular weight excluding hydrogens is 226 g/mol. The van der Waals surface area contributed by atoms with Gasteiger partial charge in [0.1, 0.15) is 11.6 Å². The minimum absolute atomic E-state index is 0.369. The van der Waals surface area contributed by atoms with Crippen LogP contribution in [-0.4, -0.2) is 29.0 Å². The quantitative estimate of drug-likeness (QED) is 0.822. The first-order chi connectivity index (χ1) is 7.67. The van der Waals surface area contributed by atoms with Gasteiger partial charge in [-0.1, -0.05) is 0 Å². The first kappa shape index (κ1) is 11.5. The number of nitrogens with one attached hydrogen (secondary N) is 1. The molecule has 1 aliphatic rings. The van der Waals surface area contributed by atoms with Crippen molar-refractivity contribution in [1.29, 1.82) is 0 Å². The van der Waals surface area contributed by atoms with Gasteiger partial charge in [0.15, 0.2) is 0 Å². The summed E-state index contributed by atoms with van der Waals surface area (Å²) in [5.41, 5.74) is 0. The number of halogens is 1. The lowest BCUT2D eigenvalue weighted by Gasteiger charge is -2.31. The molecule has 0 spiro atoms. The van der Waals surface area contributed by atoms with Gasteiger partial charge in [0.25, 0.3) is 0 Å². The van der Waals surface area contributed by atoms with Crippen molar-refractivity contribution < 1.29 is 4.74 Å². The summed E-state index contributed by atoms with van der Waals surface area (Å²) in [5, 5.41) is 3.66. The van der Waals surface area contributed by atoms with Crippen LogP contribution in [0, 0.1) is 12.8 Å². The van der Waals surface area contributed by atoms with Gasteiger partial charge in [-0.15, -0.1) is 11.6 Å². The van der Waals surface area contributed by atoms with Gasteiger partial charge in [0.05, 0.1) is 7.11 Å². The van der Waals surface area contributed by atoms with E-state index in [0.29, 0.717) is 23.0 Å². The Kier molecular flexibility index (Phi) is 3.49. The zero-order chi connectivity index (χ0) is 11.5. The van der Waals surface area contributed by atoms with Crippen molar-refractivity contribution in [2.45, 2.75) is 25.1 Å². The molecule has 1 aromatic rings. The number of hydrogen-bond acceptors (Lipinski definition) is 4. The largest absolute Gasteiger partial charge is 0.481 e. The maximum absolute atomic E-state index is 5.92. The number of nitrogens with zero attached hydrogens (tertiary/aromatic N) is 2. The van der Waals surface area contributed by atoms with Crippen molar-refractivity contribution in [2.24, 2.45) is 5.92 Å². The molecule has 0 radical (unpaired) electrons. The Morgan fingerprint density at radius 1 is 1.50 bits per heavy atom. The Labute approximate surface area is 100 Å². The van der Waals surface area contributed by atoms with Crippen LogP contribution >= 0.6 is 11.6 Å². The van der Waals surface area contributed by atoms with Gasteiger partial charge < -0.3 is 10.1 Å². The van der Waals surface area contributed by atoms with Crippen LogP contribution in [0.25, 0.3) is 0 Å². The highest BCUT2D eigenvalue weighted by Crippen LogP contribution is 2.31. The normalized spacial score (nSPS) is 23.7. The number of ether oxygens (including phenoxy) is 1. The fourth-order valence-corrected chi connectivity index (χ4v) is 2.31. The Morgan fingerprint density at radius 3 is 2.88 bits per heavy atom. The van der Waals surface area contributed by atoms with E-state index in [9.17, 15) is 0 Å². The Morgan fingerprint density at radius 2 is 2.25 bits per heavy atom. The highest BCUT2D eigenvalue weighted by molar-refractivity contribution is 6.21. The monoisotopic (exact) mass is 241 g/mol.